The van der Waals surface area contributed by atoms with Gasteiger partial charge < -0.3 is 28.8 Å². The highest BCUT2D eigenvalue weighted by atomic mass is 16.6. The molecule has 0 aromatic heterocycles. The Balaban J connectivity index is 2.94. The Morgan fingerprint density at radius 3 is 2.12 bits per heavy atom. The Morgan fingerprint density at radius 1 is 1.12 bits per heavy atom. The molecular weight excluding hydrogens is 328 g/mol. The molecule has 1 aromatic rings. The van der Waals surface area contributed by atoms with E-state index in [0.29, 0.717) is 17.9 Å². The third kappa shape index (κ3) is 3.02. The molecule has 2 atom stereocenters. The second-order valence-corrected chi connectivity index (χ2v) is 6.30. The lowest BCUT2D eigenvalue weighted by molar-refractivity contribution is -0.134. The number of ketones is 1. The summed E-state index contributed by atoms with van der Waals surface area (Å²) in [5.74, 6) is 0.841. The molecule has 0 spiro atoms. The molecule has 0 radical (unpaired) electrons. The first-order chi connectivity index (χ1) is 11.7. The fourth-order valence-electron chi connectivity index (χ4n) is 3.15. The lowest BCUT2D eigenvalue weighted by Crippen LogP contribution is -2.49. The number of carbonyl (C=O) groups excluding carboxylic acids is 1. The van der Waals surface area contributed by atoms with Gasteiger partial charge in [-0.05, 0) is 27.7 Å². The molecule has 25 heavy (non-hydrogen) atoms. The first-order valence-electron chi connectivity index (χ1n) is 8.10. The number of aliphatic hydroxyl groups is 1. The normalized spacial score (nSPS) is 21.1. The summed E-state index contributed by atoms with van der Waals surface area (Å²) in [4.78, 5) is 12.3. The van der Waals surface area contributed by atoms with E-state index < -0.39 is 17.8 Å². The van der Waals surface area contributed by atoms with Crippen molar-refractivity contribution >= 4 is 5.78 Å². The Labute approximate surface area is 147 Å². The smallest absolute Gasteiger partial charge is 0.204 e. The molecule has 1 aromatic carbocycles. The second-order valence-electron chi connectivity index (χ2n) is 6.30. The molecule has 7 heteroatoms. The minimum Gasteiger partial charge on any atom is -0.495 e. The van der Waals surface area contributed by atoms with Crippen molar-refractivity contribution in [3.8, 4) is 23.0 Å². The van der Waals surface area contributed by atoms with E-state index >= 15 is 0 Å². The molecule has 1 aliphatic rings. The van der Waals surface area contributed by atoms with Crippen LogP contribution in [0, 0.1) is 0 Å². The van der Waals surface area contributed by atoms with Crippen LogP contribution in [0.1, 0.15) is 49.7 Å². The summed E-state index contributed by atoms with van der Waals surface area (Å²) in [6.45, 7) is 7.11. The van der Waals surface area contributed by atoms with Gasteiger partial charge in [0.2, 0.25) is 5.75 Å². The molecule has 1 N–H and O–H groups in total. The predicted octanol–water partition coefficient (Wildman–Crippen LogP) is 2.52. The summed E-state index contributed by atoms with van der Waals surface area (Å²) in [6, 6.07) is 0. The molecule has 0 bridgehead atoms. The lowest BCUT2D eigenvalue weighted by Gasteiger charge is -2.43. The number of carbonyl (C=O) groups is 1. The molecule has 0 aliphatic carbocycles. The predicted molar refractivity (Wildman–Crippen MR) is 91.2 cm³/mol. The molecule has 0 saturated carbocycles. The van der Waals surface area contributed by atoms with Crippen molar-refractivity contribution in [2.45, 2.75) is 45.5 Å². The van der Waals surface area contributed by atoms with Crippen LogP contribution in [-0.2, 0) is 4.74 Å². The van der Waals surface area contributed by atoms with Crippen LogP contribution in [0.25, 0.3) is 0 Å². The Bertz CT molecular complexity index is 666. The fourth-order valence-corrected chi connectivity index (χ4v) is 3.15. The van der Waals surface area contributed by atoms with Crippen LogP contribution in [-0.4, -0.2) is 50.5 Å². The van der Waals surface area contributed by atoms with Crippen LogP contribution in [0.4, 0.5) is 0 Å². The molecule has 1 aliphatic heterocycles. The Kier molecular flexibility index (Phi) is 5.49. The minimum atomic E-state index is -0.966. The molecule has 7 nitrogen and oxygen atoms in total. The van der Waals surface area contributed by atoms with Crippen LogP contribution in [0.15, 0.2) is 0 Å². The summed E-state index contributed by atoms with van der Waals surface area (Å²) in [5.41, 5.74) is -0.270. The van der Waals surface area contributed by atoms with E-state index in [0.717, 1.165) is 0 Å². The first kappa shape index (κ1) is 19.3. The number of fused-ring (bicyclic) bond motifs is 1. The summed E-state index contributed by atoms with van der Waals surface area (Å²) in [6.07, 6.45) is -1.71. The standard InChI is InChI=1S/C18H26O7/c1-8-24-15-11-12(21-5)10(9(2)19)13(22-6)16(23-7)14(11)25-18(3,4)17(15)20/h15,17,20H,8H2,1-7H3. The van der Waals surface area contributed by atoms with E-state index in [2.05, 4.69) is 0 Å². The maximum Gasteiger partial charge on any atom is 0.204 e. The van der Waals surface area contributed by atoms with Crippen molar-refractivity contribution < 1.29 is 33.6 Å². The highest BCUT2D eigenvalue weighted by molar-refractivity contribution is 6.02. The summed E-state index contributed by atoms with van der Waals surface area (Å²) in [7, 11) is 4.35. The summed E-state index contributed by atoms with van der Waals surface area (Å²) in [5, 5.41) is 10.8. The SMILES string of the molecule is CCOC1c2c(c(OC)c(OC)c(C(C)=O)c2OC)OC(C)(C)C1O. The summed E-state index contributed by atoms with van der Waals surface area (Å²) >= 11 is 0. The lowest BCUT2D eigenvalue weighted by atomic mass is 9.86. The third-order valence-corrected chi connectivity index (χ3v) is 4.32. The van der Waals surface area contributed by atoms with Crippen LogP contribution in [0.2, 0.25) is 0 Å². The van der Waals surface area contributed by atoms with Crippen molar-refractivity contribution in [1.29, 1.82) is 0 Å². The number of ether oxygens (including phenoxy) is 5. The number of aliphatic hydroxyl groups excluding tert-OH is 1. The van der Waals surface area contributed by atoms with Gasteiger partial charge in [0.1, 0.15) is 29.1 Å². The van der Waals surface area contributed by atoms with E-state index in [-0.39, 0.29) is 28.6 Å². The number of Topliss-reactive ketones (excluding diaryl/α,β-unsaturated/α-hetero) is 1. The molecule has 0 amide bonds. The van der Waals surface area contributed by atoms with Gasteiger partial charge in [0, 0.05) is 6.61 Å². The molecule has 2 unspecified atom stereocenters. The monoisotopic (exact) mass is 354 g/mol. The van der Waals surface area contributed by atoms with Crippen molar-refractivity contribution in [1.82, 2.24) is 0 Å². The van der Waals surface area contributed by atoms with Gasteiger partial charge in [0.15, 0.2) is 17.3 Å². The number of hydrogen-bond donors (Lipinski definition) is 1. The maximum absolute atomic E-state index is 12.3. The molecule has 0 saturated heterocycles. The molecule has 0 fully saturated rings. The third-order valence-electron chi connectivity index (χ3n) is 4.32. The number of rotatable bonds is 6. The molecule has 1 heterocycles. The van der Waals surface area contributed by atoms with Crippen molar-refractivity contribution in [3.05, 3.63) is 11.1 Å². The first-order valence-corrected chi connectivity index (χ1v) is 8.10. The zero-order chi connectivity index (χ0) is 18.9. The highest BCUT2D eigenvalue weighted by Gasteiger charge is 2.48. The largest absolute Gasteiger partial charge is 0.495 e. The van der Waals surface area contributed by atoms with Crippen LogP contribution >= 0.6 is 0 Å². The van der Waals surface area contributed by atoms with E-state index in [9.17, 15) is 9.90 Å². The van der Waals surface area contributed by atoms with Gasteiger partial charge in [-0.15, -0.1) is 0 Å². The highest BCUT2D eigenvalue weighted by Crippen LogP contribution is 2.56. The number of methoxy groups -OCH3 is 3. The zero-order valence-electron chi connectivity index (χ0n) is 15.8. The van der Waals surface area contributed by atoms with Gasteiger partial charge in [-0.1, -0.05) is 0 Å². The van der Waals surface area contributed by atoms with E-state index in [1.54, 1.807) is 13.8 Å². The number of hydrogen-bond acceptors (Lipinski definition) is 7. The van der Waals surface area contributed by atoms with Crippen molar-refractivity contribution in [3.63, 3.8) is 0 Å². The average Bonchev–Trinajstić information content (AvgIpc) is 2.56. The molecule has 2 rings (SSSR count). The van der Waals surface area contributed by atoms with Gasteiger partial charge in [-0.2, -0.15) is 0 Å². The van der Waals surface area contributed by atoms with Crippen LogP contribution in [0.5, 0.6) is 23.0 Å². The Morgan fingerprint density at radius 2 is 1.68 bits per heavy atom. The van der Waals surface area contributed by atoms with Gasteiger partial charge in [-0.25, -0.2) is 0 Å². The minimum absolute atomic E-state index is 0.223. The number of benzene rings is 1. The van der Waals surface area contributed by atoms with Gasteiger partial charge in [-0.3, -0.25) is 4.79 Å². The second kappa shape index (κ2) is 7.09. The van der Waals surface area contributed by atoms with E-state index in [4.69, 9.17) is 23.7 Å². The zero-order valence-corrected chi connectivity index (χ0v) is 15.8. The van der Waals surface area contributed by atoms with Crippen molar-refractivity contribution in [2.75, 3.05) is 27.9 Å². The quantitative estimate of drug-likeness (QED) is 0.786. The van der Waals surface area contributed by atoms with Gasteiger partial charge in [0.25, 0.3) is 0 Å². The van der Waals surface area contributed by atoms with Crippen LogP contribution < -0.4 is 18.9 Å². The summed E-state index contributed by atoms with van der Waals surface area (Å²) < 4.78 is 28.2. The average molecular weight is 354 g/mol. The van der Waals surface area contributed by atoms with Crippen molar-refractivity contribution in [2.24, 2.45) is 0 Å². The van der Waals surface area contributed by atoms with E-state index in [1.807, 2.05) is 6.92 Å². The Hall–Kier alpha value is -1.99. The topological polar surface area (TPSA) is 83.5 Å². The molecular formula is C18H26O7. The van der Waals surface area contributed by atoms with Gasteiger partial charge >= 0.3 is 0 Å². The molecule has 140 valence electrons. The van der Waals surface area contributed by atoms with Crippen LogP contribution in [0.3, 0.4) is 0 Å². The maximum atomic E-state index is 12.3. The van der Waals surface area contributed by atoms with E-state index in [1.165, 1.54) is 28.3 Å². The fraction of sp³-hybridized carbons (Fsp3) is 0.611. The van der Waals surface area contributed by atoms with Gasteiger partial charge in [0.05, 0.1) is 26.9 Å².